The van der Waals surface area contributed by atoms with E-state index in [-0.39, 0.29) is 24.7 Å². The Morgan fingerprint density at radius 1 is 1.09 bits per heavy atom. The van der Waals surface area contributed by atoms with Gasteiger partial charge in [0.05, 0.1) is 7.11 Å². The molecule has 0 saturated heterocycles. The number of carboxylic acid groups (broad SMARTS) is 1. The minimum atomic E-state index is -1.17. The first-order valence-electron chi connectivity index (χ1n) is 11.1. The summed E-state index contributed by atoms with van der Waals surface area (Å²) in [5.41, 5.74) is 3.09. The molecule has 0 radical (unpaired) electrons. The zero-order valence-corrected chi connectivity index (χ0v) is 19.3. The Kier molecular flexibility index (Phi) is 6.82. The molecule has 4 rings (SSSR count). The lowest BCUT2D eigenvalue weighted by atomic mass is 9.99. The van der Waals surface area contributed by atoms with Gasteiger partial charge in [-0.2, -0.15) is 0 Å². The van der Waals surface area contributed by atoms with Crippen LogP contribution in [0.4, 0.5) is 4.39 Å². The average molecular weight is 477 g/mol. The van der Waals surface area contributed by atoms with Crippen LogP contribution in [-0.2, 0) is 22.6 Å². The van der Waals surface area contributed by atoms with Gasteiger partial charge in [0, 0.05) is 24.1 Å². The van der Waals surface area contributed by atoms with Crippen molar-refractivity contribution in [3.05, 3.63) is 89.2 Å². The molecule has 0 aliphatic carbocycles. The number of rotatable bonds is 8. The first-order chi connectivity index (χ1) is 16.8. The quantitative estimate of drug-likeness (QED) is 0.517. The maximum Gasteiger partial charge on any atom is 0.325 e. The van der Waals surface area contributed by atoms with Crippen LogP contribution in [0.25, 0.3) is 11.1 Å². The van der Waals surface area contributed by atoms with Gasteiger partial charge in [-0.15, -0.1) is 0 Å². The van der Waals surface area contributed by atoms with Crippen molar-refractivity contribution >= 4 is 17.8 Å². The highest BCUT2D eigenvalue weighted by Gasteiger charge is 2.37. The molecule has 0 bridgehead atoms. The van der Waals surface area contributed by atoms with Crippen molar-refractivity contribution in [1.82, 2.24) is 10.2 Å². The molecule has 8 heteroatoms. The van der Waals surface area contributed by atoms with Gasteiger partial charge >= 0.3 is 5.97 Å². The van der Waals surface area contributed by atoms with Crippen LogP contribution in [0.5, 0.6) is 5.75 Å². The van der Waals surface area contributed by atoms with Crippen LogP contribution in [0.3, 0.4) is 0 Å². The Morgan fingerprint density at radius 2 is 1.80 bits per heavy atom. The number of hydrogen-bond donors (Lipinski definition) is 2. The number of ether oxygens (including phenoxy) is 1. The van der Waals surface area contributed by atoms with Gasteiger partial charge in [-0.1, -0.05) is 42.5 Å². The van der Waals surface area contributed by atoms with Crippen LogP contribution in [0.1, 0.15) is 28.4 Å². The molecule has 0 saturated carbocycles. The highest BCUT2D eigenvalue weighted by molar-refractivity contribution is 6.01. The van der Waals surface area contributed by atoms with Gasteiger partial charge in [-0.25, -0.2) is 4.39 Å². The molecule has 0 fully saturated rings. The molecule has 0 spiro atoms. The number of halogens is 1. The van der Waals surface area contributed by atoms with Crippen LogP contribution in [-0.4, -0.2) is 47.0 Å². The minimum Gasteiger partial charge on any atom is -0.497 e. The van der Waals surface area contributed by atoms with Gasteiger partial charge < -0.3 is 20.1 Å². The van der Waals surface area contributed by atoms with Crippen LogP contribution in [0.15, 0.2) is 66.7 Å². The van der Waals surface area contributed by atoms with Gasteiger partial charge in [0.2, 0.25) is 5.91 Å². The summed E-state index contributed by atoms with van der Waals surface area (Å²) in [5, 5.41) is 11.7. The second kappa shape index (κ2) is 9.97. The number of nitrogens with one attached hydrogen (secondary N) is 1. The number of amides is 2. The van der Waals surface area contributed by atoms with E-state index in [0.29, 0.717) is 22.4 Å². The highest BCUT2D eigenvalue weighted by Crippen LogP contribution is 2.29. The topological polar surface area (TPSA) is 95.9 Å². The van der Waals surface area contributed by atoms with Gasteiger partial charge in [-0.3, -0.25) is 14.4 Å². The fraction of sp³-hybridized carbons (Fsp3) is 0.222. The SMILES string of the molecule is COc1ccc(F)c(-c2ccc(C[C@@H](C(=O)N[C@@H](C)C(=O)O)N3Cc4ccccc4C3=O)cc2)c1. The maximum absolute atomic E-state index is 14.4. The van der Waals surface area contributed by atoms with Gasteiger partial charge in [0.25, 0.3) is 5.91 Å². The molecule has 2 N–H and O–H groups in total. The van der Waals surface area contributed by atoms with E-state index in [1.807, 2.05) is 12.1 Å². The predicted octanol–water partition coefficient (Wildman–Crippen LogP) is 3.66. The molecule has 1 heterocycles. The lowest BCUT2D eigenvalue weighted by Gasteiger charge is -2.28. The number of carbonyl (C=O) groups excluding carboxylic acids is 2. The Bertz CT molecular complexity index is 1270. The summed E-state index contributed by atoms with van der Waals surface area (Å²) in [7, 11) is 1.51. The zero-order valence-electron chi connectivity index (χ0n) is 19.3. The van der Waals surface area contributed by atoms with E-state index in [4.69, 9.17) is 4.74 Å². The summed E-state index contributed by atoms with van der Waals surface area (Å²) in [6.45, 7) is 1.62. The van der Waals surface area contributed by atoms with Crippen molar-refractivity contribution < 1.29 is 28.6 Å². The summed E-state index contributed by atoms with van der Waals surface area (Å²) in [6, 6.07) is 16.6. The van der Waals surface area contributed by atoms with Crippen LogP contribution < -0.4 is 10.1 Å². The number of hydrogen-bond acceptors (Lipinski definition) is 4. The molecule has 0 aromatic heterocycles. The molecule has 2 amide bonds. The molecule has 3 aromatic carbocycles. The van der Waals surface area contributed by atoms with E-state index in [1.54, 1.807) is 48.5 Å². The van der Waals surface area contributed by atoms with Crippen LogP contribution in [0.2, 0.25) is 0 Å². The summed E-state index contributed by atoms with van der Waals surface area (Å²) in [6.07, 6.45) is 0.165. The van der Waals surface area contributed by atoms with Crippen molar-refractivity contribution in [1.29, 1.82) is 0 Å². The number of carbonyl (C=O) groups is 3. The van der Waals surface area contributed by atoms with E-state index in [1.165, 1.54) is 25.0 Å². The maximum atomic E-state index is 14.4. The fourth-order valence-electron chi connectivity index (χ4n) is 4.14. The van der Waals surface area contributed by atoms with Crippen molar-refractivity contribution in [2.24, 2.45) is 0 Å². The molecule has 2 atom stereocenters. The van der Waals surface area contributed by atoms with Crippen molar-refractivity contribution in [3.63, 3.8) is 0 Å². The molecule has 35 heavy (non-hydrogen) atoms. The Hall–Kier alpha value is -4.20. The number of aliphatic carboxylic acids is 1. The first kappa shape index (κ1) is 23.9. The third-order valence-electron chi connectivity index (χ3n) is 6.12. The standard InChI is InChI=1S/C27H25FN2O5/c1-16(27(33)34)29-25(31)24(30-15-19-5-3-4-6-21(19)26(30)32)13-17-7-9-18(10-8-17)22-14-20(35-2)11-12-23(22)28/h3-12,14,16,24H,13,15H2,1-2H3,(H,29,31)(H,33,34)/t16-,24-/m0/s1. The first-order valence-corrected chi connectivity index (χ1v) is 11.1. The summed E-state index contributed by atoms with van der Waals surface area (Å²) in [4.78, 5) is 38.9. The lowest BCUT2D eigenvalue weighted by Crippen LogP contribution is -2.51. The molecule has 1 aliphatic heterocycles. The third-order valence-corrected chi connectivity index (χ3v) is 6.12. The second-order valence-electron chi connectivity index (χ2n) is 8.42. The summed E-state index contributed by atoms with van der Waals surface area (Å²) < 4.78 is 19.6. The van der Waals surface area contributed by atoms with E-state index < -0.39 is 24.0 Å². The Morgan fingerprint density at radius 3 is 2.46 bits per heavy atom. The number of carboxylic acids is 1. The number of fused-ring (bicyclic) bond motifs is 1. The van der Waals surface area contributed by atoms with Gasteiger partial charge in [-0.05, 0) is 47.9 Å². The van der Waals surface area contributed by atoms with Gasteiger partial charge in [0.15, 0.2) is 0 Å². The lowest BCUT2D eigenvalue weighted by molar-refractivity contribution is -0.142. The van der Waals surface area contributed by atoms with Gasteiger partial charge in [0.1, 0.15) is 23.7 Å². The molecular weight excluding hydrogens is 451 g/mol. The summed E-state index contributed by atoms with van der Waals surface area (Å²) >= 11 is 0. The molecular formula is C27H25FN2O5. The predicted molar refractivity (Wildman–Crippen MR) is 127 cm³/mol. The van der Waals surface area contributed by atoms with E-state index in [9.17, 15) is 23.9 Å². The average Bonchev–Trinajstić information content (AvgIpc) is 3.19. The molecule has 7 nitrogen and oxygen atoms in total. The normalized spacial score (nSPS) is 14.3. The Balaban J connectivity index is 1.61. The van der Waals surface area contributed by atoms with E-state index in [0.717, 1.165) is 11.1 Å². The van der Waals surface area contributed by atoms with Crippen molar-refractivity contribution in [2.75, 3.05) is 7.11 Å². The fourth-order valence-corrected chi connectivity index (χ4v) is 4.14. The largest absolute Gasteiger partial charge is 0.497 e. The van der Waals surface area contributed by atoms with Crippen molar-refractivity contribution in [3.8, 4) is 16.9 Å². The third kappa shape index (κ3) is 5.01. The number of nitrogens with zero attached hydrogens (tertiary/aromatic N) is 1. The minimum absolute atomic E-state index is 0.165. The van der Waals surface area contributed by atoms with E-state index in [2.05, 4.69) is 5.32 Å². The number of methoxy groups -OCH3 is 1. The van der Waals surface area contributed by atoms with Crippen LogP contribution in [0, 0.1) is 5.82 Å². The summed E-state index contributed by atoms with van der Waals surface area (Å²) in [5.74, 6) is -1.86. The number of benzene rings is 3. The van der Waals surface area contributed by atoms with E-state index >= 15 is 0 Å². The molecule has 1 aliphatic rings. The molecule has 180 valence electrons. The molecule has 0 unspecified atom stereocenters. The second-order valence-corrected chi connectivity index (χ2v) is 8.42. The molecule has 3 aromatic rings. The van der Waals surface area contributed by atoms with Crippen molar-refractivity contribution in [2.45, 2.75) is 32.0 Å². The monoisotopic (exact) mass is 476 g/mol. The van der Waals surface area contributed by atoms with Crippen LogP contribution >= 0.6 is 0 Å². The Labute approximate surface area is 202 Å². The smallest absolute Gasteiger partial charge is 0.325 e. The highest BCUT2D eigenvalue weighted by atomic mass is 19.1. The zero-order chi connectivity index (χ0) is 25.1.